The summed E-state index contributed by atoms with van der Waals surface area (Å²) >= 11 is 1.87. The highest BCUT2D eigenvalue weighted by atomic mass is 32.2. The van der Waals surface area contributed by atoms with E-state index in [9.17, 15) is 48.9 Å². The molecule has 0 radical (unpaired) electrons. The maximum Gasteiger partial charge on any atom is 0.332 e. The minimum Gasteiger partial charge on any atom is -0.504 e. The Labute approximate surface area is 653 Å². The van der Waals surface area contributed by atoms with Crippen molar-refractivity contribution in [2.75, 3.05) is 73.5 Å². The minimum atomic E-state index is -1.20. The number of rotatable bonds is 16. The number of aromatic nitrogens is 4. The summed E-state index contributed by atoms with van der Waals surface area (Å²) in [6.07, 6.45) is 12.5. The summed E-state index contributed by atoms with van der Waals surface area (Å²) < 4.78 is 20.5. The highest BCUT2D eigenvalue weighted by molar-refractivity contribution is 7.99. The van der Waals surface area contributed by atoms with E-state index in [0.717, 1.165) is 113 Å². The van der Waals surface area contributed by atoms with Crippen LogP contribution in [-0.2, 0) is 57.8 Å². The fourth-order valence-corrected chi connectivity index (χ4v) is 18.2. The molecule has 8 aromatic rings. The Kier molecular flexibility index (Phi) is 25.3. The number of urea groups is 1. The zero-order valence-corrected chi connectivity index (χ0v) is 66.9. The largest absolute Gasteiger partial charge is 0.504 e. The second kappa shape index (κ2) is 34.1. The fraction of sp³-hybridized carbons (Fsp3) is 0.465. The lowest BCUT2D eigenvalue weighted by molar-refractivity contribution is -0.188. The summed E-state index contributed by atoms with van der Waals surface area (Å²) in [5.74, 6) is 0.795. The predicted molar refractivity (Wildman–Crippen MR) is 430 cm³/mol. The number of hydrogen-bond donors (Lipinski definition) is 6. The second-order valence-corrected chi connectivity index (χ2v) is 32.4. The maximum absolute atomic E-state index is 12.7. The third-order valence-corrected chi connectivity index (χ3v) is 25.2. The van der Waals surface area contributed by atoms with Gasteiger partial charge in [0.1, 0.15) is 16.9 Å². The van der Waals surface area contributed by atoms with Crippen LogP contribution in [0.25, 0.3) is 21.9 Å². The first-order valence-electron chi connectivity index (χ1n) is 38.4. The number of Topliss-reactive ketones (excluding diaryl/α,β-unsaturated/α-hetero) is 1. The Hall–Kier alpha value is -9.63. The van der Waals surface area contributed by atoms with Crippen LogP contribution >= 0.6 is 11.8 Å². The van der Waals surface area contributed by atoms with Gasteiger partial charge in [-0.15, -0.1) is 6.58 Å². The van der Waals surface area contributed by atoms with Gasteiger partial charge in [0.05, 0.1) is 54.5 Å². The number of ether oxygens (including phenoxy) is 3. The van der Waals surface area contributed by atoms with Gasteiger partial charge in [0.15, 0.2) is 34.6 Å². The number of benzene rings is 6. The lowest BCUT2D eigenvalue weighted by atomic mass is 9.49. The van der Waals surface area contributed by atoms with Gasteiger partial charge in [0, 0.05) is 80.6 Å². The van der Waals surface area contributed by atoms with Crippen molar-refractivity contribution in [1.29, 1.82) is 0 Å². The maximum atomic E-state index is 12.7. The van der Waals surface area contributed by atoms with Crippen molar-refractivity contribution < 1.29 is 58.6 Å². The van der Waals surface area contributed by atoms with Gasteiger partial charge in [0.25, 0.3) is 5.56 Å². The number of imidazole rings is 1. The van der Waals surface area contributed by atoms with Gasteiger partial charge in [-0.05, 0) is 194 Å². The highest BCUT2D eigenvalue weighted by Gasteiger charge is 2.73. The number of nitrogens with zero attached hydrogens (tertiary/aromatic N) is 8. The Morgan fingerprint density at radius 3 is 2.05 bits per heavy atom. The number of nitrogens with one attached hydrogen (secondary N) is 2. The number of aliphatic carboxylic acids is 1. The molecule has 4 amide bonds. The Bertz CT molecular complexity index is 4850. The molecule has 3 saturated carbocycles. The molecule has 2 saturated heterocycles. The number of fused-ring (bicyclic) bond motifs is 4. The molecule has 25 heteroatoms. The van der Waals surface area contributed by atoms with Crippen molar-refractivity contribution in [3.05, 3.63) is 183 Å². The van der Waals surface area contributed by atoms with Crippen molar-refractivity contribution in [2.24, 2.45) is 44.3 Å². The number of anilines is 2. The Morgan fingerprint density at radius 2 is 1.43 bits per heavy atom. The molecular weight excluding hydrogens is 1430 g/mol. The summed E-state index contributed by atoms with van der Waals surface area (Å²) in [7, 11) is 16.5. The summed E-state index contributed by atoms with van der Waals surface area (Å²) in [6.45, 7) is 15.1. The number of phenolic OH excluding ortho intramolecular Hbond substituents is 1. The third kappa shape index (κ3) is 16.3. The van der Waals surface area contributed by atoms with Gasteiger partial charge < -0.3 is 53.9 Å². The van der Waals surface area contributed by atoms with Crippen LogP contribution in [0.2, 0.25) is 0 Å². The molecule has 2 aromatic heterocycles. The van der Waals surface area contributed by atoms with E-state index in [2.05, 4.69) is 125 Å². The first-order chi connectivity index (χ1) is 52.9. The third-order valence-electron chi connectivity index (χ3n) is 24.1. The van der Waals surface area contributed by atoms with Crippen LogP contribution in [0.4, 0.5) is 16.2 Å². The molecule has 4 aliphatic carbocycles. The van der Waals surface area contributed by atoms with Crippen LogP contribution in [0, 0.1) is 23.2 Å². The zero-order chi connectivity index (χ0) is 80.2. The summed E-state index contributed by atoms with van der Waals surface area (Å²) in [4.78, 5) is 97.6. The Morgan fingerprint density at radius 1 is 0.784 bits per heavy atom. The second-order valence-electron chi connectivity index (χ2n) is 31.3. The van der Waals surface area contributed by atoms with Gasteiger partial charge in [-0.1, -0.05) is 118 Å². The first-order valence-corrected chi connectivity index (χ1v) is 39.2. The van der Waals surface area contributed by atoms with E-state index in [1.807, 2.05) is 92.3 Å². The topological polar surface area (TPSA) is 293 Å². The number of aliphatic hydroxyl groups is 2. The summed E-state index contributed by atoms with van der Waals surface area (Å²) in [6, 6.07) is 40.1. The Balaban J connectivity index is 0.000000133. The number of allylic oxidation sites excluding steroid dienone is 1. The smallest absolute Gasteiger partial charge is 0.332 e. The molecule has 592 valence electrons. The normalized spacial score (nSPS) is 23.0. The van der Waals surface area contributed by atoms with Crippen LogP contribution in [0.15, 0.2) is 160 Å². The number of carboxylic acids is 1. The van der Waals surface area contributed by atoms with Crippen LogP contribution in [0.5, 0.6) is 23.0 Å². The number of hydrogen-bond acceptors (Lipinski definition) is 19. The van der Waals surface area contributed by atoms with E-state index in [0.29, 0.717) is 48.1 Å². The highest BCUT2D eigenvalue weighted by Crippen LogP contribution is 2.65. The monoisotopic (exact) mass is 1540 g/mol. The number of likely N-dealkylation sites (N-methyl/N-ethyl adjacent to an activating group) is 1. The number of carbonyl (C=O) groups is 5. The number of carbonyl (C=O) groups excluding carboxylic acids is 4. The van der Waals surface area contributed by atoms with Gasteiger partial charge in [-0.2, -0.15) is 0 Å². The van der Waals surface area contributed by atoms with Gasteiger partial charge in [-0.25, -0.2) is 14.6 Å². The molecule has 16 rings (SSSR count). The molecule has 6 aromatic carbocycles. The molecule has 5 fully saturated rings. The summed E-state index contributed by atoms with van der Waals surface area (Å²) in [5, 5.41) is 48.8. The minimum absolute atomic E-state index is 0.0454. The lowest BCUT2D eigenvalue weighted by Gasteiger charge is -2.62. The standard InChI is InChI=1S/C20H23NO4.C17H20N2S.C16H25NO2.C14H14O3.C11H16N2O3.C8H10N4O2/c22-13-4-3-12-9-15-20(24)6-5-14(23)18-19(20,16(12)17(13)25-18)7-8-21(15)10-11-1-2-11;1-13(18(2)3)12-19-14-8-4-6-10-16(14)20-17-11-7-5-9-15(17)19;1-17(2)12-14-7-4-5-10-16(14,18)13-8-6-9-15(11-13)19-3;1-9(14(15)16)10-3-4-12-8-13(17-2)6-5-11(12)7-10;1-4-6-11(7(3)5-2)8(14)12-10(16)13-9(11)15;1-10-4-9-6-5(10)7(13)12(3)8(14)11(6)2/h3-4,11,15,18,22,24H,1-2,5-10H2;4-11,13H,12H2,1-3H3;6,8-9,11,14,18H,4-5,7,10,12H2,1-3H3;3-9H,1-2H3,(H,15,16);4,7H,1,5-6H2,2-3H3,(H2,12,13,14,15,16);4H,1-3H3/t15-,18+,19+,20-;;14-,16+;9-;;/m1.10../s1. The average Bonchev–Trinajstić information content (AvgIpc) is 1.54. The zero-order valence-electron chi connectivity index (χ0n) is 66.1. The number of aromatic hydroxyl groups is 1. The molecule has 6 heterocycles. The van der Waals surface area contributed by atoms with E-state index in [-0.39, 0.29) is 41.2 Å². The number of likely N-dealkylation sites (tertiary alicyclic amines) is 1. The number of aryl methyl sites for hydroxylation is 2. The van der Waals surface area contributed by atoms with Crippen molar-refractivity contribution in [1.82, 2.24) is 44.0 Å². The van der Waals surface area contributed by atoms with Crippen LogP contribution in [0.1, 0.15) is 126 Å². The number of ketones is 1. The van der Waals surface area contributed by atoms with Crippen LogP contribution < -0.4 is 41.0 Å². The number of barbiturate groups is 1. The molecule has 24 nitrogen and oxygen atoms in total. The lowest BCUT2D eigenvalue weighted by Crippen LogP contribution is -2.76. The molecular formula is C86H108N10O14S. The van der Waals surface area contributed by atoms with Gasteiger partial charge in [0.2, 0.25) is 11.8 Å². The van der Waals surface area contributed by atoms with E-state index in [1.54, 1.807) is 45.9 Å². The number of para-hydroxylation sites is 2. The molecule has 4 aliphatic heterocycles. The van der Waals surface area contributed by atoms with Crippen molar-refractivity contribution in [3.8, 4) is 23.0 Å². The number of carboxylic acid groups (broad SMARTS) is 1. The predicted octanol–water partition coefficient (Wildman–Crippen LogP) is 11.4. The number of imide groups is 2. The molecule has 111 heavy (non-hydrogen) atoms. The van der Waals surface area contributed by atoms with Crippen molar-refractivity contribution in [3.63, 3.8) is 0 Å². The molecule has 8 aliphatic rings. The van der Waals surface area contributed by atoms with Gasteiger partial charge in [-0.3, -0.25) is 48.6 Å². The SMILES string of the molecule is C=CCC1(C(C)CC)C(=O)NC(=O)NC1=O.CC(CN1c2ccccc2Sc2ccccc21)N(C)C.COc1ccc2cc([C@H](C)C(=O)O)ccc2c1.COc1cccc([C@@]2(O)CCCC[C@@H]2CN(C)C)c1.Cn1c(=O)c2c(ncn2C)n(C)c1=O.O=C1CC[C@@]2(O)[C@H]3Cc4ccc(O)c5c4[C@@]2(CCN3CC2CC2)[C@H]1O5. The number of amides is 4. The van der Waals surface area contributed by atoms with E-state index in [4.69, 9.17) is 19.3 Å². The molecule has 9 atom stereocenters. The number of phenols is 1. The van der Waals surface area contributed by atoms with E-state index < -0.39 is 57.9 Å². The molecule has 1 spiro atoms. The van der Waals surface area contributed by atoms with E-state index in [1.165, 1.54) is 64.4 Å². The first kappa shape index (κ1) is 82.3. The molecule has 2 unspecified atom stereocenters. The fourth-order valence-electron chi connectivity index (χ4n) is 17.1. The van der Waals surface area contributed by atoms with E-state index >= 15 is 0 Å². The molecule has 6 N–H and O–H groups in total. The van der Waals surface area contributed by atoms with Crippen molar-refractivity contribution >= 4 is 74.7 Å². The van der Waals surface area contributed by atoms with Crippen molar-refractivity contribution in [2.45, 2.75) is 155 Å². The number of methoxy groups -OCH3 is 2. The van der Waals surface area contributed by atoms with Gasteiger partial charge >= 0.3 is 17.7 Å². The number of piperidine rings is 1. The van der Waals surface area contributed by atoms with Crippen LogP contribution in [-0.4, -0.2) is 176 Å². The average molecular weight is 1540 g/mol. The summed E-state index contributed by atoms with van der Waals surface area (Å²) in [5.41, 5.74) is 3.18. The quantitative estimate of drug-likeness (QED) is 0.0387. The van der Waals surface area contributed by atoms with Crippen LogP contribution in [0.3, 0.4) is 0 Å². The molecule has 2 bridgehead atoms.